The van der Waals surface area contributed by atoms with Gasteiger partial charge in [0.25, 0.3) is 0 Å². The van der Waals surface area contributed by atoms with Crippen LogP contribution in [0.4, 0.5) is 0 Å². The van der Waals surface area contributed by atoms with Crippen LogP contribution in [0.2, 0.25) is 0 Å². The van der Waals surface area contributed by atoms with Gasteiger partial charge in [0.15, 0.2) is 0 Å². The highest BCUT2D eigenvalue weighted by molar-refractivity contribution is 6.18. The molecule has 0 saturated carbocycles. The van der Waals surface area contributed by atoms with Crippen LogP contribution in [0, 0.1) is 5.92 Å². The van der Waals surface area contributed by atoms with Gasteiger partial charge in [-0.25, -0.2) is 0 Å². The van der Waals surface area contributed by atoms with Crippen molar-refractivity contribution in [2.45, 2.75) is 32.7 Å². The van der Waals surface area contributed by atoms with Crippen LogP contribution in [-0.2, 0) is 9.53 Å². The van der Waals surface area contributed by atoms with Gasteiger partial charge in [0, 0.05) is 25.1 Å². The van der Waals surface area contributed by atoms with Gasteiger partial charge in [-0.1, -0.05) is 0 Å². The predicted octanol–water partition coefficient (Wildman–Crippen LogP) is 1.89. The minimum Gasteiger partial charge on any atom is -0.381 e. The first kappa shape index (κ1) is 12.8. The lowest BCUT2D eigenvalue weighted by Gasteiger charge is -2.31. The Morgan fingerprint density at radius 3 is 2.80 bits per heavy atom. The summed E-state index contributed by atoms with van der Waals surface area (Å²) in [5.74, 6) is 0.743. The first-order chi connectivity index (χ1) is 7.16. The number of ether oxygens (including phenoxy) is 1. The number of alkyl halides is 1. The van der Waals surface area contributed by atoms with Crippen molar-refractivity contribution in [2.24, 2.45) is 5.92 Å². The van der Waals surface area contributed by atoms with Crippen molar-refractivity contribution in [3.05, 3.63) is 0 Å². The Balaban J connectivity index is 2.53. The quantitative estimate of drug-likeness (QED) is 0.694. The first-order valence-electron chi connectivity index (χ1n) is 5.61. The molecule has 1 rings (SSSR count). The van der Waals surface area contributed by atoms with Crippen LogP contribution in [0.15, 0.2) is 0 Å². The van der Waals surface area contributed by atoms with E-state index in [-0.39, 0.29) is 17.9 Å². The summed E-state index contributed by atoms with van der Waals surface area (Å²) in [5, 5.41) is 0. The lowest BCUT2D eigenvalue weighted by molar-refractivity contribution is -0.141. The predicted molar refractivity (Wildman–Crippen MR) is 61.1 cm³/mol. The fraction of sp³-hybridized carbons (Fsp3) is 0.909. The van der Waals surface area contributed by atoms with Gasteiger partial charge in [-0.15, -0.1) is 11.6 Å². The molecule has 1 heterocycles. The molecule has 0 aromatic carbocycles. The van der Waals surface area contributed by atoms with E-state index < -0.39 is 0 Å². The van der Waals surface area contributed by atoms with Crippen molar-refractivity contribution in [1.82, 2.24) is 4.90 Å². The molecule has 1 unspecified atom stereocenters. The Morgan fingerprint density at radius 1 is 1.60 bits per heavy atom. The average Bonchev–Trinajstić information content (AvgIpc) is 2.26. The summed E-state index contributed by atoms with van der Waals surface area (Å²) in [4.78, 5) is 14.0. The first-order valence-corrected chi connectivity index (χ1v) is 6.14. The zero-order chi connectivity index (χ0) is 11.3. The molecule has 1 saturated heterocycles. The third kappa shape index (κ3) is 3.65. The largest absolute Gasteiger partial charge is 0.381 e. The summed E-state index contributed by atoms with van der Waals surface area (Å²) < 4.78 is 5.33. The minimum atomic E-state index is 0.0457. The van der Waals surface area contributed by atoms with Gasteiger partial charge in [-0.05, 0) is 26.7 Å². The van der Waals surface area contributed by atoms with Gasteiger partial charge in [0.1, 0.15) is 0 Å². The molecule has 1 aliphatic heterocycles. The van der Waals surface area contributed by atoms with Crippen LogP contribution in [0.25, 0.3) is 0 Å². The molecule has 0 radical (unpaired) electrons. The summed E-state index contributed by atoms with van der Waals surface area (Å²) >= 11 is 5.70. The van der Waals surface area contributed by atoms with Crippen LogP contribution in [0.5, 0.6) is 0 Å². The summed E-state index contributed by atoms with van der Waals surface area (Å²) in [6.07, 6.45) is 1.94. The van der Waals surface area contributed by atoms with E-state index in [0.717, 1.165) is 19.4 Å². The number of carbonyl (C=O) groups is 1. The standard InChI is InChI=1S/C11H20ClNO2/c1-9(2)13(6-5-12)11(14)10-4-3-7-15-8-10/h9-10H,3-8H2,1-2H3. The van der Waals surface area contributed by atoms with E-state index >= 15 is 0 Å². The normalized spacial score (nSPS) is 21.7. The topological polar surface area (TPSA) is 29.5 Å². The van der Waals surface area contributed by atoms with Crippen molar-refractivity contribution < 1.29 is 9.53 Å². The van der Waals surface area contributed by atoms with Gasteiger partial charge in [-0.2, -0.15) is 0 Å². The van der Waals surface area contributed by atoms with E-state index in [1.807, 2.05) is 18.7 Å². The highest BCUT2D eigenvalue weighted by atomic mass is 35.5. The molecular formula is C11H20ClNO2. The van der Waals surface area contributed by atoms with E-state index in [2.05, 4.69) is 0 Å². The maximum atomic E-state index is 12.1. The molecule has 1 amide bonds. The van der Waals surface area contributed by atoms with Crippen molar-refractivity contribution in [3.8, 4) is 0 Å². The third-order valence-electron chi connectivity index (χ3n) is 2.74. The molecule has 88 valence electrons. The highest BCUT2D eigenvalue weighted by Crippen LogP contribution is 2.17. The molecule has 1 aliphatic rings. The van der Waals surface area contributed by atoms with Crippen LogP contribution in [0.3, 0.4) is 0 Å². The lowest BCUT2D eigenvalue weighted by atomic mass is 10.00. The van der Waals surface area contributed by atoms with Crippen LogP contribution in [-0.4, -0.2) is 42.5 Å². The van der Waals surface area contributed by atoms with E-state index in [1.165, 1.54) is 0 Å². The molecule has 0 aromatic rings. The number of hydrogen-bond acceptors (Lipinski definition) is 2. The zero-order valence-corrected chi connectivity index (χ0v) is 10.3. The maximum absolute atomic E-state index is 12.1. The smallest absolute Gasteiger partial charge is 0.228 e. The number of hydrogen-bond donors (Lipinski definition) is 0. The number of amides is 1. The van der Waals surface area contributed by atoms with Crippen molar-refractivity contribution in [1.29, 1.82) is 0 Å². The second-order valence-electron chi connectivity index (χ2n) is 4.23. The minimum absolute atomic E-state index is 0.0457. The maximum Gasteiger partial charge on any atom is 0.228 e. The Morgan fingerprint density at radius 2 is 2.33 bits per heavy atom. The SMILES string of the molecule is CC(C)N(CCCl)C(=O)C1CCCOC1. The van der Waals surface area contributed by atoms with Gasteiger partial charge >= 0.3 is 0 Å². The third-order valence-corrected chi connectivity index (χ3v) is 2.91. The zero-order valence-electron chi connectivity index (χ0n) is 9.54. The Labute approximate surface area is 96.7 Å². The molecule has 0 aromatic heterocycles. The Kier molecular flexibility index (Phi) is 5.40. The molecule has 0 spiro atoms. The van der Waals surface area contributed by atoms with E-state index in [0.29, 0.717) is 19.0 Å². The Bertz CT molecular complexity index is 203. The van der Waals surface area contributed by atoms with Crippen molar-refractivity contribution in [2.75, 3.05) is 25.6 Å². The second-order valence-corrected chi connectivity index (χ2v) is 4.61. The Hall–Kier alpha value is -0.280. The van der Waals surface area contributed by atoms with Crippen molar-refractivity contribution in [3.63, 3.8) is 0 Å². The molecule has 3 nitrogen and oxygen atoms in total. The highest BCUT2D eigenvalue weighted by Gasteiger charge is 2.27. The molecule has 0 bridgehead atoms. The van der Waals surface area contributed by atoms with Gasteiger partial charge < -0.3 is 9.64 Å². The monoisotopic (exact) mass is 233 g/mol. The van der Waals surface area contributed by atoms with Crippen LogP contribution in [0.1, 0.15) is 26.7 Å². The van der Waals surface area contributed by atoms with Gasteiger partial charge in [0.05, 0.1) is 12.5 Å². The number of halogens is 1. The summed E-state index contributed by atoms with van der Waals surface area (Å²) in [7, 11) is 0. The van der Waals surface area contributed by atoms with Crippen LogP contribution < -0.4 is 0 Å². The summed E-state index contributed by atoms with van der Waals surface area (Å²) in [6, 6.07) is 0.221. The van der Waals surface area contributed by atoms with E-state index in [1.54, 1.807) is 0 Å². The summed E-state index contributed by atoms with van der Waals surface area (Å²) in [6.45, 7) is 6.04. The molecule has 0 N–H and O–H groups in total. The average molecular weight is 234 g/mol. The molecule has 15 heavy (non-hydrogen) atoms. The molecule has 1 atom stereocenters. The van der Waals surface area contributed by atoms with Gasteiger partial charge in [0.2, 0.25) is 5.91 Å². The van der Waals surface area contributed by atoms with E-state index in [4.69, 9.17) is 16.3 Å². The molecule has 0 aliphatic carbocycles. The number of nitrogens with zero attached hydrogens (tertiary/aromatic N) is 1. The molecular weight excluding hydrogens is 214 g/mol. The fourth-order valence-electron chi connectivity index (χ4n) is 1.88. The van der Waals surface area contributed by atoms with E-state index in [9.17, 15) is 4.79 Å². The molecule has 1 fully saturated rings. The van der Waals surface area contributed by atoms with Gasteiger partial charge in [-0.3, -0.25) is 4.79 Å². The number of rotatable bonds is 4. The lowest BCUT2D eigenvalue weighted by Crippen LogP contribution is -2.44. The fourth-order valence-corrected chi connectivity index (χ4v) is 2.07. The molecule has 4 heteroatoms. The van der Waals surface area contributed by atoms with Crippen molar-refractivity contribution >= 4 is 17.5 Å². The summed E-state index contributed by atoms with van der Waals surface area (Å²) in [5.41, 5.74) is 0. The van der Waals surface area contributed by atoms with Crippen LogP contribution >= 0.6 is 11.6 Å². The number of carbonyl (C=O) groups excluding carboxylic acids is 1. The second kappa shape index (κ2) is 6.33.